The molecule has 84 valence electrons. The largest absolute Gasteiger partial charge is 0.358 e. The molecule has 0 amide bonds. The highest BCUT2D eigenvalue weighted by molar-refractivity contribution is 6.31. The number of aryl methyl sites for hydroxylation is 1. The van der Waals surface area contributed by atoms with Gasteiger partial charge in [-0.25, -0.2) is 5.26 Å². The van der Waals surface area contributed by atoms with Crippen molar-refractivity contribution in [1.82, 2.24) is 4.98 Å². The van der Waals surface area contributed by atoms with E-state index in [1.165, 1.54) is 16.6 Å². The van der Waals surface area contributed by atoms with Crippen LogP contribution < -0.4 is 5.73 Å². The zero-order valence-electron chi connectivity index (χ0n) is 9.13. The third-order valence-electron chi connectivity index (χ3n) is 2.48. The number of rotatable bonds is 2. The number of nitrogens with one attached hydrogen (secondary N) is 1. The summed E-state index contributed by atoms with van der Waals surface area (Å²) in [5.41, 5.74) is 9.18. The summed E-state index contributed by atoms with van der Waals surface area (Å²) in [6.07, 6.45) is 0.895. The van der Waals surface area contributed by atoms with Crippen LogP contribution in [0.5, 0.6) is 0 Å². The Hall–Kier alpha value is -1.50. The van der Waals surface area contributed by atoms with Crippen molar-refractivity contribution in [2.24, 2.45) is 5.73 Å². The van der Waals surface area contributed by atoms with E-state index in [-0.39, 0.29) is 0 Å². The van der Waals surface area contributed by atoms with Crippen LogP contribution in [0.1, 0.15) is 11.3 Å². The van der Waals surface area contributed by atoms with Crippen molar-refractivity contribution in [3.05, 3.63) is 34.5 Å². The van der Waals surface area contributed by atoms with Crippen LogP contribution in [0.15, 0.2) is 18.2 Å². The quantitative estimate of drug-likeness (QED) is 0.841. The monoisotopic (exact) mass is 235 g/mol. The third kappa shape index (κ3) is 2.35. The number of hydrogen-bond acceptors (Lipinski definition) is 2. The molecule has 0 unspecified atom stereocenters. The first kappa shape index (κ1) is 12.6. The molecule has 2 rings (SSSR count). The molecule has 4 heteroatoms. The van der Waals surface area contributed by atoms with Gasteiger partial charge in [-0.05, 0) is 43.7 Å². The fourth-order valence-electron chi connectivity index (χ4n) is 1.82. The Bertz CT molecular complexity index is 499. The summed E-state index contributed by atoms with van der Waals surface area (Å²) in [5.74, 6) is 0. The van der Waals surface area contributed by atoms with E-state index in [0.717, 1.165) is 17.0 Å². The van der Waals surface area contributed by atoms with Crippen molar-refractivity contribution in [3.8, 4) is 6.57 Å². The van der Waals surface area contributed by atoms with Crippen LogP contribution in [0.4, 0.5) is 0 Å². The molecule has 0 aliphatic carbocycles. The second-order valence-corrected chi connectivity index (χ2v) is 3.89. The van der Waals surface area contributed by atoms with Gasteiger partial charge in [0.25, 0.3) is 0 Å². The Morgan fingerprint density at radius 1 is 1.44 bits per heavy atom. The van der Waals surface area contributed by atoms with Crippen LogP contribution in [0, 0.1) is 18.8 Å². The summed E-state index contributed by atoms with van der Waals surface area (Å²) in [7, 11) is 0. The summed E-state index contributed by atoms with van der Waals surface area (Å²) in [5, 5.41) is 8.47. The molecule has 0 radical (unpaired) electrons. The lowest BCUT2D eigenvalue weighted by Crippen LogP contribution is -2.03. The van der Waals surface area contributed by atoms with Gasteiger partial charge in [0.2, 0.25) is 0 Å². The molecule has 0 saturated heterocycles. The molecule has 0 aliphatic heterocycles. The van der Waals surface area contributed by atoms with Crippen LogP contribution in [0.25, 0.3) is 10.9 Å². The van der Waals surface area contributed by atoms with E-state index in [1.54, 1.807) is 0 Å². The van der Waals surface area contributed by atoms with E-state index >= 15 is 0 Å². The lowest BCUT2D eigenvalue weighted by molar-refractivity contribution is 0.963. The topological polar surface area (TPSA) is 65.6 Å². The average molecular weight is 236 g/mol. The van der Waals surface area contributed by atoms with Gasteiger partial charge < -0.3 is 10.7 Å². The molecule has 0 aliphatic rings. The molecular formula is C12H14ClN3. The lowest BCUT2D eigenvalue weighted by Gasteiger charge is -1.98. The average Bonchev–Trinajstić information content (AvgIpc) is 2.59. The van der Waals surface area contributed by atoms with Crippen molar-refractivity contribution in [2.45, 2.75) is 13.3 Å². The lowest BCUT2D eigenvalue weighted by atomic mass is 10.1. The molecule has 0 saturated carbocycles. The molecule has 1 heterocycles. The second kappa shape index (κ2) is 5.55. The predicted octanol–water partition coefficient (Wildman–Crippen LogP) is 2.77. The highest BCUT2D eigenvalue weighted by Gasteiger charge is 2.07. The van der Waals surface area contributed by atoms with Gasteiger partial charge in [-0.1, -0.05) is 11.6 Å². The molecule has 0 bridgehead atoms. The molecule has 1 aromatic carbocycles. The molecule has 0 fully saturated rings. The number of benzene rings is 1. The van der Waals surface area contributed by atoms with Crippen LogP contribution in [-0.2, 0) is 6.42 Å². The summed E-state index contributed by atoms with van der Waals surface area (Å²) in [4.78, 5) is 3.32. The molecule has 0 spiro atoms. The van der Waals surface area contributed by atoms with E-state index in [0.29, 0.717) is 6.54 Å². The maximum absolute atomic E-state index is 6.50. The summed E-state index contributed by atoms with van der Waals surface area (Å²) in [6, 6.07) is 5.89. The molecule has 1 aromatic heterocycles. The first-order chi connectivity index (χ1) is 7.72. The fraction of sp³-hybridized carbons (Fsp3) is 0.250. The van der Waals surface area contributed by atoms with Crippen molar-refractivity contribution in [1.29, 1.82) is 5.26 Å². The third-order valence-corrected chi connectivity index (χ3v) is 2.71. The zero-order valence-corrected chi connectivity index (χ0v) is 9.88. The Balaban J connectivity index is 0.000000606. The Morgan fingerprint density at radius 2 is 2.12 bits per heavy atom. The SMILES string of the molecule is C#N.Cc1[nH]c2ccc(Cl)cc2c1CCN. The van der Waals surface area contributed by atoms with Gasteiger partial charge in [-0.2, -0.15) is 0 Å². The van der Waals surface area contributed by atoms with E-state index in [2.05, 4.69) is 18.5 Å². The number of fused-ring (bicyclic) bond motifs is 1. The molecule has 3 nitrogen and oxygen atoms in total. The van der Waals surface area contributed by atoms with Crippen molar-refractivity contribution in [2.75, 3.05) is 6.54 Å². The molecular weight excluding hydrogens is 222 g/mol. The number of nitrogens with zero attached hydrogens (tertiary/aromatic N) is 1. The van der Waals surface area contributed by atoms with E-state index in [1.807, 2.05) is 18.2 Å². The van der Waals surface area contributed by atoms with E-state index < -0.39 is 0 Å². The Kier molecular flexibility index (Phi) is 4.36. The second-order valence-electron chi connectivity index (χ2n) is 3.46. The summed E-state index contributed by atoms with van der Waals surface area (Å²) in [6.45, 7) is 6.24. The van der Waals surface area contributed by atoms with Crippen molar-refractivity contribution >= 4 is 22.5 Å². The van der Waals surface area contributed by atoms with Gasteiger partial charge in [0.05, 0.1) is 0 Å². The number of nitrogens with two attached hydrogens (primary N) is 1. The zero-order chi connectivity index (χ0) is 12.1. The smallest absolute Gasteiger partial charge is 0.0462 e. The van der Waals surface area contributed by atoms with Crippen molar-refractivity contribution < 1.29 is 0 Å². The van der Waals surface area contributed by atoms with Gasteiger partial charge in [-0.15, -0.1) is 0 Å². The Morgan fingerprint density at radius 3 is 2.75 bits per heavy atom. The van der Waals surface area contributed by atoms with Crippen LogP contribution in [0.3, 0.4) is 0 Å². The number of nitriles is 1. The molecule has 0 atom stereocenters. The van der Waals surface area contributed by atoms with E-state index in [4.69, 9.17) is 22.6 Å². The van der Waals surface area contributed by atoms with Crippen LogP contribution >= 0.6 is 11.6 Å². The van der Waals surface area contributed by atoms with Gasteiger partial charge in [-0.3, -0.25) is 0 Å². The fourth-order valence-corrected chi connectivity index (χ4v) is 1.99. The number of halogens is 1. The van der Waals surface area contributed by atoms with Gasteiger partial charge in [0.15, 0.2) is 0 Å². The Labute approximate surface area is 99.8 Å². The highest BCUT2D eigenvalue weighted by atomic mass is 35.5. The first-order valence-electron chi connectivity index (χ1n) is 4.95. The minimum atomic E-state index is 0.667. The minimum absolute atomic E-state index is 0.667. The van der Waals surface area contributed by atoms with Crippen molar-refractivity contribution in [3.63, 3.8) is 0 Å². The maximum atomic E-state index is 6.50. The minimum Gasteiger partial charge on any atom is -0.358 e. The van der Waals surface area contributed by atoms with Gasteiger partial charge >= 0.3 is 0 Å². The van der Waals surface area contributed by atoms with Gasteiger partial charge in [0.1, 0.15) is 0 Å². The summed E-state index contributed by atoms with van der Waals surface area (Å²) >= 11 is 5.95. The van der Waals surface area contributed by atoms with Crippen LogP contribution in [0.2, 0.25) is 5.02 Å². The highest BCUT2D eigenvalue weighted by Crippen LogP contribution is 2.25. The predicted molar refractivity (Wildman–Crippen MR) is 67.5 cm³/mol. The maximum Gasteiger partial charge on any atom is 0.0462 e. The van der Waals surface area contributed by atoms with Crippen LogP contribution in [-0.4, -0.2) is 11.5 Å². The molecule has 2 aromatic rings. The number of aromatic amines is 1. The number of hydrogen-bond donors (Lipinski definition) is 2. The number of H-pyrrole nitrogens is 1. The van der Waals surface area contributed by atoms with E-state index in [9.17, 15) is 0 Å². The van der Waals surface area contributed by atoms with Gasteiger partial charge in [0, 0.05) is 28.2 Å². The standard InChI is InChI=1S/C11H13ClN2.CHN/c1-7-9(4-5-13)10-6-8(12)2-3-11(10)14-7;1-2/h2-3,6,14H,4-5,13H2,1H3;1H. The first-order valence-corrected chi connectivity index (χ1v) is 5.32. The molecule has 16 heavy (non-hydrogen) atoms. The molecule has 3 N–H and O–H groups in total. The normalized spacial score (nSPS) is 9.81. The number of aromatic nitrogens is 1. The summed E-state index contributed by atoms with van der Waals surface area (Å²) < 4.78 is 0.